The van der Waals surface area contributed by atoms with Crippen molar-refractivity contribution in [1.29, 1.82) is 0 Å². The number of imidazole rings is 1. The lowest BCUT2D eigenvalue weighted by molar-refractivity contribution is -0.119. The number of methoxy groups -OCH3 is 1. The first-order valence-electron chi connectivity index (χ1n) is 11.8. The van der Waals surface area contributed by atoms with Crippen LogP contribution in [0.5, 0.6) is 5.75 Å². The molecule has 0 bridgehead atoms. The van der Waals surface area contributed by atoms with Crippen molar-refractivity contribution in [1.82, 2.24) is 19.4 Å². The molecule has 1 aliphatic rings. The Labute approximate surface area is 208 Å². The van der Waals surface area contributed by atoms with Gasteiger partial charge in [-0.15, -0.1) is 0 Å². The third-order valence-corrected chi connectivity index (χ3v) is 6.11. The molecule has 0 aliphatic carbocycles. The van der Waals surface area contributed by atoms with Gasteiger partial charge in [-0.1, -0.05) is 18.2 Å². The Bertz CT molecular complexity index is 1420. The number of rotatable bonds is 6. The highest BCUT2D eigenvalue weighted by atomic mass is 16.5. The number of nitrogens with zero attached hydrogens (tertiary/aromatic N) is 4. The number of aryl methyl sites for hydroxylation is 1. The summed E-state index contributed by atoms with van der Waals surface area (Å²) in [5.74, 6) is 1.03. The number of hydrogen-bond donors (Lipinski definition) is 1. The molecule has 0 saturated carbocycles. The number of para-hydroxylation sites is 1. The van der Waals surface area contributed by atoms with Gasteiger partial charge in [0.2, 0.25) is 5.91 Å². The lowest BCUT2D eigenvalue weighted by atomic mass is 10.1. The van der Waals surface area contributed by atoms with E-state index in [-0.39, 0.29) is 18.4 Å². The summed E-state index contributed by atoms with van der Waals surface area (Å²) in [5.41, 5.74) is 4.06. The first-order valence-corrected chi connectivity index (χ1v) is 11.8. The van der Waals surface area contributed by atoms with Gasteiger partial charge in [-0.3, -0.25) is 14.6 Å². The molecule has 0 unspecified atom stereocenters. The van der Waals surface area contributed by atoms with Gasteiger partial charge in [0.1, 0.15) is 24.8 Å². The molecular formula is C27H27N5O4. The summed E-state index contributed by atoms with van der Waals surface area (Å²) in [7, 11) is 1.46. The fourth-order valence-electron chi connectivity index (χ4n) is 4.52. The standard InChI is InChI=1S/C27H27N5O4/c1-3-32-25-21(27(34)31-11-12-36-23-9-5-4-7-19(23)16-31)13-20(29-24(33)17-35-2)14-22(25)30-26(32)18-8-6-10-28-15-18/h4-10,13-15H,3,11-12,16-17H2,1-2H3,(H,29,33). The molecule has 36 heavy (non-hydrogen) atoms. The van der Waals surface area contributed by atoms with Crippen molar-refractivity contribution in [3.05, 3.63) is 72.1 Å². The van der Waals surface area contributed by atoms with Gasteiger partial charge in [-0.2, -0.15) is 0 Å². The van der Waals surface area contributed by atoms with Crippen molar-refractivity contribution in [3.8, 4) is 17.1 Å². The number of carbonyl (C=O) groups excluding carboxylic acids is 2. The van der Waals surface area contributed by atoms with Crippen LogP contribution in [0.2, 0.25) is 0 Å². The first kappa shape index (κ1) is 23.5. The Morgan fingerprint density at radius 1 is 1.17 bits per heavy atom. The van der Waals surface area contributed by atoms with Crippen LogP contribution in [0.3, 0.4) is 0 Å². The topological polar surface area (TPSA) is 98.6 Å². The average molecular weight is 486 g/mol. The average Bonchev–Trinajstić information content (AvgIpc) is 3.12. The number of hydrogen-bond acceptors (Lipinski definition) is 6. The molecular weight excluding hydrogens is 458 g/mol. The number of carbonyl (C=O) groups is 2. The highest BCUT2D eigenvalue weighted by Crippen LogP contribution is 2.32. The Balaban J connectivity index is 1.64. The van der Waals surface area contributed by atoms with Crippen molar-refractivity contribution in [2.24, 2.45) is 0 Å². The van der Waals surface area contributed by atoms with Gasteiger partial charge in [-0.25, -0.2) is 4.98 Å². The number of fused-ring (bicyclic) bond motifs is 2. The van der Waals surface area contributed by atoms with Crippen LogP contribution in [-0.2, 0) is 22.6 Å². The smallest absolute Gasteiger partial charge is 0.256 e. The minimum atomic E-state index is -0.310. The normalized spacial score (nSPS) is 13.1. The van der Waals surface area contributed by atoms with E-state index in [1.165, 1.54) is 7.11 Å². The van der Waals surface area contributed by atoms with E-state index < -0.39 is 0 Å². The van der Waals surface area contributed by atoms with E-state index in [1.807, 2.05) is 47.9 Å². The molecule has 184 valence electrons. The van der Waals surface area contributed by atoms with E-state index in [0.717, 1.165) is 16.9 Å². The summed E-state index contributed by atoms with van der Waals surface area (Å²) in [6.07, 6.45) is 3.46. The molecule has 2 aromatic heterocycles. The molecule has 3 heterocycles. The van der Waals surface area contributed by atoms with Crippen LogP contribution in [0.15, 0.2) is 60.9 Å². The number of aromatic nitrogens is 3. The Morgan fingerprint density at radius 3 is 2.81 bits per heavy atom. The molecule has 5 rings (SSSR count). The Kier molecular flexibility index (Phi) is 6.64. The van der Waals surface area contributed by atoms with E-state index in [1.54, 1.807) is 29.4 Å². The molecule has 0 radical (unpaired) electrons. The summed E-state index contributed by atoms with van der Waals surface area (Å²) in [5, 5.41) is 2.83. The summed E-state index contributed by atoms with van der Waals surface area (Å²) in [6.45, 7) is 3.77. The fraction of sp³-hybridized carbons (Fsp3) is 0.259. The Morgan fingerprint density at radius 2 is 2.03 bits per heavy atom. The lowest BCUT2D eigenvalue weighted by Crippen LogP contribution is -2.33. The third kappa shape index (κ3) is 4.52. The molecule has 2 aromatic carbocycles. The predicted octanol–water partition coefficient (Wildman–Crippen LogP) is 3.74. The van der Waals surface area contributed by atoms with Gasteiger partial charge < -0.3 is 24.3 Å². The maximum Gasteiger partial charge on any atom is 0.256 e. The molecule has 2 amide bonds. The number of nitrogens with one attached hydrogen (secondary N) is 1. The molecule has 4 aromatic rings. The first-order chi connectivity index (χ1) is 17.6. The van der Waals surface area contributed by atoms with E-state index in [4.69, 9.17) is 14.5 Å². The fourth-order valence-corrected chi connectivity index (χ4v) is 4.52. The zero-order chi connectivity index (χ0) is 25.1. The number of benzene rings is 2. The van der Waals surface area contributed by atoms with E-state index in [9.17, 15) is 9.59 Å². The summed E-state index contributed by atoms with van der Waals surface area (Å²) in [4.78, 5) is 37.2. The predicted molar refractivity (Wildman–Crippen MR) is 136 cm³/mol. The van der Waals surface area contributed by atoms with Gasteiger partial charge in [0.15, 0.2) is 0 Å². The summed E-state index contributed by atoms with van der Waals surface area (Å²) in [6, 6.07) is 15.0. The molecule has 9 heteroatoms. The second-order valence-electron chi connectivity index (χ2n) is 8.48. The molecule has 0 atom stereocenters. The summed E-state index contributed by atoms with van der Waals surface area (Å²) < 4.78 is 12.8. The van der Waals surface area contributed by atoms with Gasteiger partial charge in [0, 0.05) is 49.4 Å². The van der Waals surface area contributed by atoms with E-state index in [2.05, 4.69) is 10.3 Å². The van der Waals surface area contributed by atoms with Gasteiger partial charge in [-0.05, 0) is 37.3 Å². The largest absolute Gasteiger partial charge is 0.491 e. The molecule has 0 saturated heterocycles. The van der Waals surface area contributed by atoms with Crippen LogP contribution >= 0.6 is 0 Å². The number of ether oxygens (including phenoxy) is 2. The number of anilines is 1. The van der Waals surface area contributed by atoms with Crippen LogP contribution in [0.25, 0.3) is 22.4 Å². The van der Waals surface area contributed by atoms with Crippen LogP contribution in [0, 0.1) is 0 Å². The van der Waals surface area contributed by atoms with Crippen molar-refractivity contribution >= 4 is 28.5 Å². The number of pyridine rings is 1. The molecule has 1 aliphatic heterocycles. The van der Waals surface area contributed by atoms with E-state index >= 15 is 0 Å². The van der Waals surface area contributed by atoms with Crippen LogP contribution in [-0.4, -0.2) is 58.1 Å². The zero-order valence-electron chi connectivity index (χ0n) is 20.2. The van der Waals surface area contributed by atoms with Crippen LogP contribution in [0.4, 0.5) is 5.69 Å². The van der Waals surface area contributed by atoms with Crippen molar-refractivity contribution in [2.45, 2.75) is 20.0 Å². The van der Waals surface area contributed by atoms with Gasteiger partial charge >= 0.3 is 0 Å². The second kappa shape index (κ2) is 10.2. The van der Waals surface area contributed by atoms with E-state index in [0.29, 0.717) is 54.3 Å². The molecule has 0 spiro atoms. The van der Waals surface area contributed by atoms with Crippen LogP contribution < -0.4 is 10.1 Å². The van der Waals surface area contributed by atoms with Crippen molar-refractivity contribution in [3.63, 3.8) is 0 Å². The molecule has 0 fully saturated rings. The SMILES string of the molecule is CCn1c(-c2cccnc2)nc2cc(NC(=O)COC)cc(C(=O)N3CCOc4ccccc4C3)c21. The van der Waals surface area contributed by atoms with Crippen molar-refractivity contribution in [2.75, 3.05) is 32.2 Å². The molecule has 9 nitrogen and oxygen atoms in total. The maximum absolute atomic E-state index is 14.0. The van der Waals surface area contributed by atoms with Crippen LogP contribution in [0.1, 0.15) is 22.8 Å². The number of amides is 2. The molecule has 1 N–H and O–H groups in total. The zero-order valence-corrected chi connectivity index (χ0v) is 20.2. The minimum absolute atomic E-state index is 0.0914. The quantitative estimate of drug-likeness (QED) is 0.447. The van der Waals surface area contributed by atoms with Crippen molar-refractivity contribution < 1.29 is 19.1 Å². The maximum atomic E-state index is 14.0. The van der Waals surface area contributed by atoms with Gasteiger partial charge in [0.05, 0.1) is 23.1 Å². The Hall–Kier alpha value is -4.24. The highest BCUT2D eigenvalue weighted by molar-refractivity contribution is 6.08. The third-order valence-electron chi connectivity index (χ3n) is 6.11. The second-order valence-corrected chi connectivity index (χ2v) is 8.48. The lowest BCUT2D eigenvalue weighted by Gasteiger charge is -2.21. The monoisotopic (exact) mass is 485 g/mol. The minimum Gasteiger partial charge on any atom is -0.491 e. The van der Waals surface area contributed by atoms with Gasteiger partial charge in [0.25, 0.3) is 5.91 Å². The highest BCUT2D eigenvalue weighted by Gasteiger charge is 2.26. The summed E-state index contributed by atoms with van der Waals surface area (Å²) >= 11 is 0.